The number of hydrogen-bond acceptors (Lipinski definition) is 5. The summed E-state index contributed by atoms with van der Waals surface area (Å²) >= 11 is 1.26. The zero-order chi connectivity index (χ0) is 14.7. The predicted molar refractivity (Wildman–Crippen MR) is 77.0 cm³/mol. The Morgan fingerprint density at radius 1 is 1.45 bits per heavy atom. The quantitative estimate of drug-likeness (QED) is 0.798. The lowest BCUT2D eigenvalue weighted by molar-refractivity contribution is -0.115. The van der Waals surface area contributed by atoms with Crippen molar-refractivity contribution in [1.29, 1.82) is 0 Å². The van der Waals surface area contributed by atoms with E-state index in [0.717, 1.165) is 0 Å². The van der Waals surface area contributed by atoms with Gasteiger partial charge in [-0.25, -0.2) is 9.78 Å². The van der Waals surface area contributed by atoms with Gasteiger partial charge in [-0.3, -0.25) is 4.79 Å². The van der Waals surface area contributed by atoms with Crippen molar-refractivity contribution >= 4 is 34.0 Å². The van der Waals surface area contributed by atoms with Crippen LogP contribution in [0.2, 0.25) is 0 Å². The molecule has 2 rings (SSSR count). The molecule has 1 aromatic heterocycles. The van der Waals surface area contributed by atoms with Crippen LogP contribution in [0.4, 0.5) is 10.8 Å². The van der Waals surface area contributed by atoms with Crippen molar-refractivity contribution in [2.45, 2.75) is 13.3 Å². The molecular weight excluding hydrogens is 278 g/mol. The van der Waals surface area contributed by atoms with Gasteiger partial charge < -0.3 is 16.2 Å². The van der Waals surface area contributed by atoms with Crippen molar-refractivity contribution in [3.8, 4) is 0 Å². The zero-order valence-corrected chi connectivity index (χ0v) is 11.5. The highest BCUT2D eigenvalue weighted by Gasteiger charge is 2.15. The van der Waals surface area contributed by atoms with Crippen molar-refractivity contribution in [3.05, 3.63) is 40.4 Å². The number of aryl methyl sites for hydroxylation is 1. The van der Waals surface area contributed by atoms with E-state index in [1.165, 1.54) is 11.3 Å². The Bertz CT molecular complexity index is 667. The maximum absolute atomic E-state index is 11.9. The molecule has 0 fully saturated rings. The molecule has 0 aliphatic heterocycles. The van der Waals surface area contributed by atoms with Crippen LogP contribution in [-0.2, 0) is 11.2 Å². The lowest BCUT2D eigenvalue weighted by Gasteiger charge is -2.09. The highest BCUT2D eigenvalue weighted by atomic mass is 32.1. The molecule has 0 radical (unpaired) electrons. The second-order valence-corrected chi connectivity index (χ2v) is 5.09. The third-order valence-electron chi connectivity index (χ3n) is 2.67. The van der Waals surface area contributed by atoms with Crippen LogP contribution in [0.3, 0.4) is 0 Å². The maximum Gasteiger partial charge on any atom is 0.338 e. The molecule has 0 spiro atoms. The van der Waals surface area contributed by atoms with Crippen LogP contribution < -0.4 is 11.1 Å². The monoisotopic (exact) mass is 291 g/mol. The second kappa shape index (κ2) is 5.70. The van der Waals surface area contributed by atoms with E-state index in [4.69, 9.17) is 5.73 Å². The molecule has 7 heteroatoms. The van der Waals surface area contributed by atoms with Gasteiger partial charge in [0.2, 0.25) is 5.91 Å². The van der Waals surface area contributed by atoms with Crippen LogP contribution in [0.15, 0.2) is 23.6 Å². The SMILES string of the molecule is Cc1cccc(NC(=O)Cc2csc(N)n2)c1C(=O)O. The highest BCUT2D eigenvalue weighted by molar-refractivity contribution is 7.13. The fourth-order valence-electron chi connectivity index (χ4n) is 1.82. The molecule has 4 N–H and O–H groups in total. The lowest BCUT2D eigenvalue weighted by atomic mass is 10.1. The van der Waals surface area contributed by atoms with Gasteiger partial charge in [-0.2, -0.15) is 0 Å². The fourth-order valence-corrected chi connectivity index (χ4v) is 2.38. The number of hydrogen-bond donors (Lipinski definition) is 3. The zero-order valence-electron chi connectivity index (χ0n) is 10.7. The number of carboxylic acid groups (broad SMARTS) is 1. The van der Waals surface area contributed by atoms with E-state index in [-0.39, 0.29) is 23.6 Å². The summed E-state index contributed by atoms with van der Waals surface area (Å²) in [6.07, 6.45) is 0.0563. The van der Waals surface area contributed by atoms with Crippen molar-refractivity contribution in [1.82, 2.24) is 4.98 Å². The molecule has 1 amide bonds. The molecular formula is C13H13N3O3S. The van der Waals surface area contributed by atoms with Crippen LogP contribution in [0.5, 0.6) is 0 Å². The molecule has 2 aromatic rings. The number of benzene rings is 1. The van der Waals surface area contributed by atoms with Crippen molar-refractivity contribution in [3.63, 3.8) is 0 Å². The topological polar surface area (TPSA) is 105 Å². The molecule has 1 aromatic carbocycles. The Morgan fingerprint density at radius 2 is 2.20 bits per heavy atom. The van der Waals surface area contributed by atoms with Crippen LogP contribution in [0.1, 0.15) is 21.6 Å². The number of carbonyl (C=O) groups is 2. The summed E-state index contributed by atoms with van der Waals surface area (Å²) in [7, 11) is 0. The minimum absolute atomic E-state index is 0.0563. The van der Waals surface area contributed by atoms with Gasteiger partial charge in [0.15, 0.2) is 5.13 Å². The predicted octanol–water partition coefficient (Wildman–Crippen LogP) is 1.91. The lowest BCUT2D eigenvalue weighted by Crippen LogP contribution is -2.17. The number of rotatable bonds is 4. The first kappa shape index (κ1) is 14.0. The number of aromatic nitrogens is 1. The number of nitrogens with zero attached hydrogens (tertiary/aromatic N) is 1. The molecule has 0 unspecified atom stereocenters. The average molecular weight is 291 g/mol. The Hall–Kier alpha value is -2.41. The van der Waals surface area contributed by atoms with Crippen molar-refractivity contribution in [2.75, 3.05) is 11.1 Å². The standard InChI is InChI=1S/C13H13N3O3S/c1-7-3-2-4-9(11(7)12(18)19)16-10(17)5-8-6-20-13(14)15-8/h2-4,6H,5H2,1H3,(H2,14,15)(H,16,17)(H,18,19). The van der Waals surface area contributed by atoms with Gasteiger partial charge in [0.05, 0.1) is 23.4 Å². The summed E-state index contributed by atoms with van der Waals surface area (Å²) in [5.41, 5.74) is 7.02. The van der Waals surface area contributed by atoms with Gasteiger partial charge in [-0.1, -0.05) is 12.1 Å². The van der Waals surface area contributed by atoms with E-state index in [2.05, 4.69) is 10.3 Å². The summed E-state index contributed by atoms with van der Waals surface area (Å²) in [4.78, 5) is 27.1. The Kier molecular flexibility index (Phi) is 3.99. The first-order chi connectivity index (χ1) is 9.47. The first-order valence-electron chi connectivity index (χ1n) is 5.80. The van der Waals surface area contributed by atoms with E-state index in [9.17, 15) is 14.7 Å². The summed E-state index contributed by atoms with van der Waals surface area (Å²) < 4.78 is 0. The van der Waals surface area contributed by atoms with Gasteiger partial charge in [0.1, 0.15) is 0 Å². The summed E-state index contributed by atoms with van der Waals surface area (Å²) in [5.74, 6) is -1.40. The molecule has 0 aliphatic rings. The van der Waals surface area contributed by atoms with Gasteiger partial charge >= 0.3 is 5.97 Å². The maximum atomic E-state index is 11.9. The summed E-state index contributed by atoms with van der Waals surface area (Å²) in [6.45, 7) is 1.68. The Balaban J connectivity index is 2.16. The third-order valence-corrected chi connectivity index (χ3v) is 3.39. The normalized spacial score (nSPS) is 10.2. The molecule has 0 aliphatic carbocycles. The van der Waals surface area contributed by atoms with Gasteiger partial charge in [-0.15, -0.1) is 11.3 Å². The van der Waals surface area contributed by atoms with E-state index in [0.29, 0.717) is 16.4 Å². The largest absolute Gasteiger partial charge is 0.478 e. The molecule has 1 heterocycles. The van der Waals surface area contributed by atoms with Gasteiger partial charge in [-0.05, 0) is 18.6 Å². The highest BCUT2D eigenvalue weighted by Crippen LogP contribution is 2.20. The number of anilines is 2. The number of thiazole rings is 1. The minimum atomic E-state index is -1.07. The van der Waals surface area contributed by atoms with E-state index >= 15 is 0 Å². The van der Waals surface area contributed by atoms with Crippen LogP contribution in [0, 0.1) is 6.92 Å². The number of amides is 1. The summed E-state index contributed by atoms with van der Waals surface area (Å²) in [6, 6.07) is 4.93. The summed E-state index contributed by atoms with van der Waals surface area (Å²) in [5, 5.41) is 13.9. The van der Waals surface area contributed by atoms with Crippen molar-refractivity contribution < 1.29 is 14.7 Å². The number of nitrogen functional groups attached to an aromatic ring is 1. The number of nitrogens with two attached hydrogens (primary N) is 1. The number of carbonyl (C=O) groups excluding carboxylic acids is 1. The fraction of sp³-hybridized carbons (Fsp3) is 0.154. The molecule has 0 atom stereocenters. The van der Waals surface area contributed by atoms with Gasteiger partial charge in [0.25, 0.3) is 0 Å². The molecule has 0 saturated heterocycles. The van der Waals surface area contributed by atoms with Crippen LogP contribution >= 0.6 is 11.3 Å². The molecule has 6 nitrogen and oxygen atoms in total. The molecule has 20 heavy (non-hydrogen) atoms. The number of aromatic carboxylic acids is 1. The Morgan fingerprint density at radius 3 is 2.80 bits per heavy atom. The molecule has 0 bridgehead atoms. The number of nitrogens with one attached hydrogen (secondary N) is 1. The van der Waals surface area contributed by atoms with Gasteiger partial charge in [0, 0.05) is 5.38 Å². The average Bonchev–Trinajstić information content (AvgIpc) is 2.74. The van der Waals surface area contributed by atoms with E-state index in [1.807, 2.05) is 0 Å². The Labute approximate surface area is 119 Å². The molecule has 104 valence electrons. The smallest absolute Gasteiger partial charge is 0.338 e. The van der Waals surface area contributed by atoms with E-state index < -0.39 is 5.97 Å². The van der Waals surface area contributed by atoms with E-state index in [1.54, 1.807) is 30.5 Å². The first-order valence-corrected chi connectivity index (χ1v) is 6.68. The minimum Gasteiger partial charge on any atom is -0.478 e. The van der Waals surface area contributed by atoms with Crippen molar-refractivity contribution in [2.24, 2.45) is 0 Å². The number of carboxylic acids is 1. The second-order valence-electron chi connectivity index (χ2n) is 4.20. The third kappa shape index (κ3) is 3.12. The van der Waals surface area contributed by atoms with Crippen LogP contribution in [-0.4, -0.2) is 22.0 Å². The van der Waals surface area contributed by atoms with Crippen LogP contribution in [0.25, 0.3) is 0 Å². The molecule has 0 saturated carbocycles.